The highest BCUT2D eigenvalue weighted by atomic mass is 16.5. The van der Waals surface area contributed by atoms with Crippen LogP contribution in [0.3, 0.4) is 0 Å². The van der Waals surface area contributed by atoms with E-state index >= 15 is 0 Å². The summed E-state index contributed by atoms with van der Waals surface area (Å²) < 4.78 is 7.22. The SMILES string of the molecule is C=CC(OC(c1ccccc1)(c1ccccc1)c1ccccc1)C1CCCCCC1. The van der Waals surface area contributed by atoms with E-state index in [2.05, 4.69) is 97.6 Å². The van der Waals surface area contributed by atoms with Crippen molar-refractivity contribution in [2.24, 2.45) is 5.92 Å². The van der Waals surface area contributed by atoms with Crippen LogP contribution in [-0.2, 0) is 10.3 Å². The normalized spacial score (nSPS) is 16.5. The molecule has 0 N–H and O–H groups in total. The molecule has 1 heteroatoms. The Labute approximate surface area is 181 Å². The number of ether oxygens (including phenoxy) is 1. The smallest absolute Gasteiger partial charge is 0.144 e. The van der Waals surface area contributed by atoms with Crippen molar-refractivity contribution < 1.29 is 4.74 Å². The number of hydrogen-bond donors (Lipinski definition) is 0. The van der Waals surface area contributed by atoms with Crippen LogP contribution in [0, 0.1) is 5.92 Å². The summed E-state index contributed by atoms with van der Waals surface area (Å²) >= 11 is 0. The maximum atomic E-state index is 7.22. The molecule has 0 bridgehead atoms. The molecule has 3 aromatic rings. The van der Waals surface area contributed by atoms with Crippen LogP contribution in [0.5, 0.6) is 0 Å². The van der Waals surface area contributed by atoms with Gasteiger partial charge < -0.3 is 4.74 Å². The molecule has 1 atom stereocenters. The monoisotopic (exact) mass is 396 g/mol. The molecule has 0 spiro atoms. The minimum Gasteiger partial charge on any atom is -0.353 e. The molecule has 154 valence electrons. The Bertz CT molecular complexity index is 796. The zero-order chi connectivity index (χ0) is 20.7. The van der Waals surface area contributed by atoms with Crippen LogP contribution in [0.15, 0.2) is 104 Å². The van der Waals surface area contributed by atoms with Crippen molar-refractivity contribution in [3.05, 3.63) is 120 Å². The molecule has 0 heterocycles. The number of rotatable bonds is 7. The van der Waals surface area contributed by atoms with E-state index in [0.717, 1.165) is 16.7 Å². The van der Waals surface area contributed by atoms with Crippen molar-refractivity contribution in [2.45, 2.75) is 50.2 Å². The predicted octanol–water partition coefficient (Wildman–Crippen LogP) is 7.52. The molecular weight excluding hydrogens is 364 g/mol. The highest BCUT2D eigenvalue weighted by molar-refractivity contribution is 5.47. The maximum absolute atomic E-state index is 7.22. The highest BCUT2D eigenvalue weighted by Crippen LogP contribution is 2.43. The third-order valence-corrected chi connectivity index (χ3v) is 6.45. The molecule has 0 aliphatic heterocycles. The Morgan fingerprint density at radius 2 is 1.07 bits per heavy atom. The first-order chi connectivity index (χ1) is 14.8. The van der Waals surface area contributed by atoms with Gasteiger partial charge in [-0.25, -0.2) is 0 Å². The zero-order valence-corrected chi connectivity index (χ0v) is 17.8. The largest absolute Gasteiger partial charge is 0.353 e. The van der Waals surface area contributed by atoms with Crippen molar-refractivity contribution in [2.75, 3.05) is 0 Å². The van der Waals surface area contributed by atoms with Gasteiger partial charge in [0.25, 0.3) is 0 Å². The number of benzene rings is 3. The van der Waals surface area contributed by atoms with E-state index in [-0.39, 0.29) is 6.10 Å². The van der Waals surface area contributed by atoms with Gasteiger partial charge in [-0.05, 0) is 35.4 Å². The number of hydrogen-bond acceptors (Lipinski definition) is 1. The molecule has 1 fully saturated rings. The molecule has 1 unspecified atom stereocenters. The second-order valence-electron chi connectivity index (χ2n) is 8.35. The predicted molar refractivity (Wildman–Crippen MR) is 125 cm³/mol. The fraction of sp³-hybridized carbons (Fsp3) is 0.310. The van der Waals surface area contributed by atoms with Crippen molar-refractivity contribution in [1.29, 1.82) is 0 Å². The standard InChI is InChI=1S/C29H32O/c1-2-28(24-16-8-3-4-9-17-24)30-29(25-18-10-5-11-19-25,26-20-12-6-13-21-26)27-22-14-7-15-23-27/h2,5-7,10-15,18-24,28H,1,3-4,8-9,16-17H2. The van der Waals surface area contributed by atoms with Crippen molar-refractivity contribution >= 4 is 0 Å². The van der Waals surface area contributed by atoms with Crippen LogP contribution in [0.25, 0.3) is 0 Å². The highest BCUT2D eigenvalue weighted by Gasteiger charge is 2.40. The summed E-state index contributed by atoms with van der Waals surface area (Å²) in [6.45, 7) is 4.21. The van der Waals surface area contributed by atoms with Gasteiger partial charge in [0.15, 0.2) is 0 Å². The fourth-order valence-electron chi connectivity index (χ4n) is 4.90. The van der Waals surface area contributed by atoms with Crippen molar-refractivity contribution in [3.63, 3.8) is 0 Å². The van der Waals surface area contributed by atoms with Crippen LogP contribution < -0.4 is 0 Å². The van der Waals surface area contributed by atoms with E-state index < -0.39 is 5.60 Å². The van der Waals surface area contributed by atoms with Gasteiger partial charge in [0.1, 0.15) is 5.60 Å². The fourth-order valence-corrected chi connectivity index (χ4v) is 4.90. The van der Waals surface area contributed by atoms with Crippen LogP contribution in [-0.4, -0.2) is 6.10 Å². The topological polar surface area (TPSA) is 9.23 Å². The quantitative estimate of drug-likeness (QED) is 0.228. The van der Waals surface area contributed by atoms with E-state index in [9.17, 15) is 0 Å². The Morgan fingerprint density at radius 3 is 1.43 bits per heavy atom. The van der Waals surface area contributed by atoms with Crippen LogP contribution in [0.4, 0.5) is 0 Å². The minimum atomic E-state index is -0.672. The van der Waals surface area contributed by atoms with E-state index in [1.54, 1.807) is 0 Å². The van der Waals surface area contributed by atoms with Gasteiger partial charge in [-0.1, -0.05) is 123 Å². The summed E-state index contributed by atoms with van der Waals surface area (Å²) in [6, 6.07) is 32.0. The van der Waals surface area contributed by atoms with Gasteiger partial charge >= 0.3 is 0 Å². The molecule has 4 rings (SSSR count). The first kappa shape index (κ1) is 20.6. The average molecular weight is 397 g/mol. The van der Waals surface area contributed by atoms with E-state index in [1.807, 2.05) is 6.08 Å². The van der Waals surface area contributed by atoms with E-state index in [1.165, 1.54) is 38.5 Å². The van der Waals surface area contributed by atoms with Gasteiger partial charge in [-0.15, -0.1) is 6.58 Å². The maximum Gasteiger partial charge on any atom is 0.144 e. The Balaban J connectivity index is 1.87. The van der Waals surface area contributed by atoms with E-state index in [4.69, 9.17) is 4.74 Å². The summed E-state index contributed by atoms with van der Waals surface area (Å²) in [4.78, 5) is 0. The molecular formula is C29H32O. The van der Waals surface area contributed by atoms with Gasteiger partial charge in [-0.3, -0.25) is 0 Å². The second kappa shape index (κ2) is 9.91. The molecule has 1 aliphatic carbocycles. The molecule has 1 saturated carbocycles. The van der Waals surface area contributed by atoms with Gasteiger partial charge in [0.05, 0.1) is 6.10 Å². The molecule has 0 saturated heterocycles. The minimum absolute atomic E-state index is 0.00344. The van der Waals surface area contributed by atoms with Crippen LogP contribution in [0.1, 0.15) is 55.2 Å². The van der Waals surface area contributed by atoms with E-state index in [0.29, 0.717) is 5.92 Å². The van der Waals surface area contributed by atoms with Crippen molar-refractivity contribution in [1.82, 2.24) is 0 Å². The molecule has 0 radical (unpaired) electrons. The lowest BCUT2D eigenvalue weighted by atomic mass is 9.79. The second-order valence-corrected chi connectivity index (χ2v) is 8.35. The van der Waals surface area contributed by atoms with Gasteiger partial charge in [0.2, 0.25) is 0 Å². The zero-order valence-electron chi connectivity index (χ0n) is 17.8. The van der Waals surface area contributed by atoms with Gasteiger partial charge in [0, 0.05) is 0 Å². The molecule has 0 aromatic heterocycles. The van der Waals surface area contributed by atoms with Gasteiger partial charge in [-0.2, -0.15) is 0 Å². The Kier molecular flexibility index (Phi) is 6.81. The van der Waals surface area contributed by atoms with Crippen LogP contribution in [0.2, 0.25) is 0 Å². The Hall–Kier alpha value is -2.64. The lowest BCUT2D eigenvalue weighted by Crippen LogP contribution is -2.39. The third-order valence-electron chi connectivity index (χ3n) is 6.45. The summed E-state index contributed by atoms with van der Waals surface area (Å²) in [5, 5.41) is 0. The lowest BCUT2D eigenvalue weighted by molar-refractivity contribution is -0.0528. The molecule has 1 nitrogen and oxygen atoms in total. The molecule has 30 heavy (non-hydrogen) atoms. The molecule has 0 amide bonds. The first-order valence-electron chi connectivity index (χ1n) is 11.3. The third kappa shape index (κ3) is 4.27. The summed E-state index contributed by atoms with van der Waals surface area (Å²) in [5.41, 5.74) is 2.79. The first-order valence-corrected chi connectivity index (χ1v) is 11.3. The Morgan fingerprint density at radius 1 is 0.667 bits per heavy atom. The summed E-state index contributed by atoms with van der Waals surface area (Å²) in [5.74, 6) is 0.514. The molecule has 3 aromatic carbocycles. The van der Waals surface area contributed by atoms with Crippen molar-refractivity contribution in [3.8, 4) is 0 Å². The van der Waals surface area contributed by atoms with Crippen LogP contribution >= 0.6 is 0 Å². The summed E-state index contributed by atoms with van der Waals surface area (Å²) in [7, 11) is 0. The lowest BCUT2D eigenvalue weighted by Gasteiger charge is -2.40. The molecule has 1 aliphatic rings. The average Bonchev–Trinajstić information content (AvgIpc) is 3.11. The summed E-state index contributed by atoms with van der Waals surface area (Å²) in [6.07, 6.45) is 9.71.